The topological polar surface area (TPSA) is 43.1 Å². The first-order chi connectivity index (χ1) is 12.0. The molecule has 0 saturated heterocycles. The summed E-state index contributed by atoms with van der Waals surface area (Å²) in [5.74, 6) is -0.0435. The zero-order valence-electron chi connectivity index (χ0n) is 15.1. The summed E-state index contributed by atoms with van der Waals surface area (Å²) >= 11 is 1.53. The van der Waals surface area contributed by atoms with Crippen molar-refractivity contribution >= 4 is 17.1 Å². The Balaban J connectivity index is 2.19. The van der Waals surface area contributed by atoms with Crippen LogP contribution in [0.1, 0.15) is 59.1 Å². The fourth-order valence-electron chi connectivity index (χ4n) is 3.64. The molecule has 0 fully saturated rings. The van der Waals surface area contributed by atoms with Gasteiger partial charge in [-0.15, -0.1) is 11.3 Å². The molecule has 1 aliphatic carbocycles. The summed E-state index contributed by atoms with van der Waals surface area (Å²) in [7, 11) is 0. The van der Waals surface area contributed by atoms with Crippen LogP contribution in [0.5, 0.6) is 0 Å². The second-order valence-electron chi connectivity index (χ2n) is 7.68. The molecule has 3 rings (SSSR count). The number of Topliss-reactive ketones (excluding diaryl/α,β-unsaturated/α-hetero) is 1. The van der Waals surface area contributed by atoms with Crippen LogP contribution < -0.4 is 5.73 Å². The highest BCUT2D eigenvalue weighted by Gasteiger charge is 2.34. The van der Waals surface area contributed by atoms with Gasteiger partial charge in [0, 0.05) is 21.9 Å². The van der Waals surface area contributed by atoms with E-state index >= 15 is 0 Å². The summed E-state index contributed by atoms with van der Waals surface area (Å²) in [5, 5.41) is 0. The van der Waals surface area contributed by atoms with Crippen LogP contribution in [0.15, 0.2) is 18.2 Å². The lowest BCUT2D eigenvalue weighted by atomic mass is 9.75. The predicted octanol–water partition coefficient (Wildman–Crippen LogP) is 5.61. The van der Waals surface area contributed by atoms with Crippen molar-refractivity contribution in [3.8, 4) is 10.4 Å². The molecule has 1 heterocycles. The molecule has 0 spiro atoms. The highest BCUT2D eigenvalue weighted by atomic mass is 32.1. The van der Waals surface area contributed by atoms with E-state index in [0.29, 0.717) is 16.7 Å². The van der Waals surface area contributed by atoms with Crippen molar-refractivity contribution in [3.63, 3.8) is 0 Å². The van der Waals surface area contributed by atoms with Gasteiger partial charge < -0.3 is 5.73 Å². The van der Waals surface area contributed by atoms with E-state index in [2.05, 4.69) is 13.8 Å². The van der Waals surface area contributed by atoms with Gasteiger partial charge >= 0.3 is 6.18 Å². The highest BCUT2D eigenvalue weighted by molar-refractivity contribution is 7.16. The maximum absolute atomic E-state index is 13.0. The van der Waals surface area contributed by atoms with Crippen LogP contribution in [0.2, 0.25) is 0 Å². The first-order valence-corrected chi connectivity index (χ1v) is 9.41. The Kier molecular flexibility index (Phi) is 4.78. The van der Waals surface area contributed by atoms with Crippen molar-refractivity contribution in [3.05, 3.63) is 45.3 Å². The molecule has 1 aliphatic rings. The molecule has 2 N–H and O–H groups in total. The van der Waals surface area contributed by atoms with Crippen LogP contribution in [-0.4, -0.2) is 5.78 Å². The van der Waals surface area contributed by atoms with Gasteiger partial charge in [-0.1, -0.05) is 19.9 Å². The molecule has 0 radical (unpaired) electrons. The molecular formula is C20H22F3NOS. The van der Waals surface area contributed by atoms with Crippen LogP contribution in [-0.2, 0) is 25.6 Å². The number of carbonyl (C=O) groups excluding carboxylic acids is 1. The van der Waals surface area contributed by atoms with Gasteiger partial charge in [-0.2, -0.15) is 13.2 Å². The maximum Gasteiger partial charge on any atom is 0.416 e. The Hall–Kier alpha value is -1.66. The zero-order chi connectivity index (χ0) is 19.3. The first kappa shape index (κ1) is 19.1. The summed E-state index contributed by atoms with van der Waals surface area (Å²) < 4.78 is 39.1. The number of aryl methyl sites for hydroxylation is 1. The van der Waals surface area contributed by atoms with Gasteiger partial charge in [0.15, 0.2) is 5.78 Å². The van der Waals surface area contributed by atoms with Gasteiger partial charge in [-0.05, 0) is 60.4 Å². The SMILES string of the molecule is CC(=O)c1c(-c2ccc(C(F)(F)F)cc2CN)sc2c1CC(C)(C)CC2. The molecule has 0 atom stereocenters. The third-order valence-corrected chi connectivity index (χ3v) is 6.35. The summed E-state index contributed by atoms with van der Waals surface area (Å²) in [5.41, 5.74) is 7.93. The quantitative estimate of drug-likeness (QED) is 0.702. The number of thiophene rings is 1. The van der Waals surface area contributed by atoms with E-state index in [0.717, 1.165) is 41.8 Å². The third-order valence-electron chi connectivity index (χ3n) is 5.02. The predicted molar refractivity (Wildman–Crippen MR) is 98.5 cm³/mol. The summed E-state index contributed by atoms with van der Waals surface area (Å²) in [4.78, 5) is 14.3. The monoisotopic (exact) mass is 381 g/mol. The van der Waals surface area contributed by atoms with Gasteiger partial charge in [0.05, 0.1) is 5.56 Å². The van der Waals surface area contributed by atoms with Crippen molar-refractivity contribution in [1.82, 2.24) is 0 Å². The maximum atomic E-state index is 13.0. The average Bonchev–Trinajstić information content (AvgIpc) is 2.90. The van der Waals surface area contributed by atoms with Crippen molar-refractivity contribution in [2.45, 2.75) is 52.8 Å². The zero-order valence-corrected chi connectivity index (χ0v) is 15.9. The van der Waals surface area contributed by atoms with Gasteiger partial charge in [0.2, 0.25) is 0 Å². The van der Waals surface area contributed by atoms with E-state index in [9.17, 15) is 18.0 Å². The number of ketones is 1. The Morgan fingerprint density at radius 3 is 2.58 bits per heavy atom. The van der Waals surface area contributed by atoms with Crippen LogP contribution in [0, 0.1) is 5.41 Å². The lowest BCUT2D eigenvalue weighted by Gasteiger charge is -2.29. The van der Waals surface area contributed by atoms with Gasteiger partial charge in [0.1, 0.15) is 0 Å². The molecule has 0 bridgehead atoms. The van der Waals surface area contributed by atoms with Crippen molar-refractivity contribution in [1.29, 1.82) is 0 Å². The number of fused-ring (bicyclic) bond motifs is 1. The lowest BCUT2D eigenvalue weighted by Crippen LogP contribution is -2.22. The van der Waals surface area contributed by atoms with E-state index in [4.69, 9.17) is 5.73 Å². The van der Waals surface area contributed by atoms with E-state index in [1.807, 2.05) is 0 Å². The van der Waals surface area contributed by atoms with E-state index in [1.165, 1.54) is 29.2 Å². The standard InChI is InChI=1S/C20H22F3NOS/c1-11(25)17-15-9-19(2,3)7-6-16(15)26-18(17)14-5-4-13(20(21,22)23)8-12(14)10-24/h4-5,8H,6-7,9-10,24H2,1-3H3. The van der Waals surface area contributed by atoms with Crippen molar-refractivity contribution in [2.75, 3.05) is 0 Å². The molecule has 2 nitrogen and oxygen atoms in total. The Labute approximate surface area is 155 Å². The molecule has 140 valence electrons. The van der Waals surface area contributed by atoms with Crippen LogP contribution in [0.4, 0.5) is 13.2 Å². The molecular weight excluding hydrogens is 359 g/mol. The molecule has 0 aliphatic heterocycles. The van der Waals surface area contributed by atoms with E-state index < -0.39 is 11.7 Å². The molecule has 26 heavy (non-hydrogen) atoms. The number of hydrogen-bond donors (Lipinski definition) is 1. The van der Waals surface area contributed by atoms with Gasteiger partial charge in [-0.25, -0.2) is 0 Å². The fraction of sp³-hybridized carbons (Fsp3) is 0.450. The molecule has 1 aromatic heterocycles. The second-order valence-corrected chi connectivity index (χ2v) is 8.78. The number of alkyl halides is 3. The molecule has 0 unspecified atom stereocenters. The Bertz CT molecular complexity index is 865. The molecule has 6 heteroatoms. The molecule has 0 saturated carbocycles. The second kappa shape index (κ2) is 6.50. The Morgan fingerprint density at radius 1 is 1.31 bits per heavy atom. The average molecular weight is 381 g/mol. The highest BCUT2D eigenvalue weighted by Crippen LogP contribution is 2.46. The van der Waals surface area contributed by atoms with Gasteiger partial charge in [0.25, 0.3) is 0 Å². The number of halogens is 3. The molecule has 0 amide bonds. The van der Waals surface area contributed by atoms with Crippen molar-refractivity contribution < 1.29 is 18.0 Å². The first-order valence-electron chi connectivity index (χ1n) is 8.59. The normalized spacial score (nSPS) is 16.4. The summed E-state index contributed by atoms with van der Waals surface area (Å²) in [6, 6.07) is 3.63. The van der Waals surface area contributed by atoms with Crippen LogP contribution >= 0.6 is 11.3 Å². The minimum absolute atomic E-state index is 0.00927. The van der Waals surface area contributed by atoms with Gasteiger partial charge in [-0.3, -0.25) is 4.79 Å². The van der Waals surface area contributed by atoms with Crippen LogP contribution in [0.25, 0.3) is 10.4 Å². The van der Waals surface area contributed by atoms with E-state index in [1.54, 1.807) is 0 Å². The molecule has 1 aromatic carbocycles. The van der Waals surface area contributed by atoms with Crippen LogP contribution in [0.3, 0.4) is 0 Å². The number of carbonyl (C=O) groups is 1. The third kappa shape index (κ3) is 3.45. The smallest absolute Gasteiger partial charge is 0.326 e. The molecule has 2 aromatic rings. The number of benzene rings is 1. The summed E-state index contributed by atoms with van der Waals surface area (Å²) in [6.07, 6.45) is -1.67. The summed E-state index contributed by atoms with van der Waals surface area (Å²) in [6.45, 7) is 5.88. The fourth-order valence-corrected chi connectivity index (χ4v) is 5.07. The minimum atomic E-state index is -4.41. The Morgan fingerprint density at radius 2 is 2.00 bits per heavy atom. The lowest BCUT2D eigenvalue weighted by molar-refractivity contribution is -0.137. The van der Waals surface area contributed by atoms with Crippen molar-refractivity contribution in [2.24, 2.45) is 11.1 Å². The number of nitrogens with two attached hydrogens (primary N) is 1. The largest absolute Gasteiger partial charge is 0.416 e. The number of hydrogen-bond acceptors (Lipinski definition) is 3. The number of rotatable bonds is 3. The minimum Gasteiger partial charge on any atom is -0.326 e. The van der Waals surface area contributed by atoms with E-state index in [-0.39, 0.29) is 17.7 Å².